The molecular formula is C10H9NO2S. The number of nitrogens with zero attached hydrogens (tertiary/aromatic N) is 1. The average molecular weight is 207 g/mol. The van der Waals surface area contributed by atoms with Gasteiger partial charge in [-0.15, -0.1) is 0 Å². The summed E-state index contributed by atoms with van der Waals surface area (Å²) in [5, 5.41) is -0.579. The van der Waals surface area contributed by atoms with Gasteiger partial charge in [0.1, 0.15) is 0 Å². The molecule has 72 valence electrons. The standard InChI is InChI=1S/C10H9NO2S/c1-14(13)9-6-11-8-5-3-2-4-7(8)10(9)12/h2-6,9H,1H3. The summed E-state index contributed by atoms with van der Waals surface area (Å²) in [6.45, 7) is 0. The van der Waals surface area contributed by atoms with E-state index in [-0.39, 0.29) is 5.78 Å². The van der Waals surface area contributed by atoms with Gasteiger partial charge in [0.25, 0.3) is 0 Å². The average Bonchev–Trinajstić information content (AvgIpc) is 2.18. The van der Waals surface area contributed by atoms with E-state index in [0.29, 0.717) is 11.3 Å². The molecule has 2 rings (SSSR count). The Balaban J connectivity index is 2.45. The first-order chi connectivity index (χ1) is 6.70. The highest BCUT2D eigenvalue weighted by Crippen LogP contribution is 2.25. The lowest BCUT2D eigenvalue weighted by Crippen LogP contribution is -2.33. The van der Waals surface area contributed by atoms with Crippen molar-refractivity contribution in [3.63, 3.8) is 0 Å². The second kappa shape index (κ2) is 3.55. The minimum atomic E-state index is -1.19. The van der Waals surface area contributed by atoms with Gasteiger partial charge in [0.2, 0.25) is 11.0 Å². The maximum absolute atomic E-state index is 11.8. The maximum Gasteiger partial charge on any atom is 0.222 e. The molecule has 0 bridgehead atoms. The summed E-state index contributed by atoms with van der Waals surface area (Å²) in [5.74, 6) is -0.101. The zero-order chi connectivity index (χ0) is 10.1. The van der Waals surface area contributed by atoms with E-state index in [1.807, 2.05) is 6.07 Å². The van der Waals surface area contributed by atoms with Gasteiger partial charge in [-0.1, -0.05) is 12.1 Å². The highest BCUT2D eigenvalue weighted by molar-refractivity contribution is 7.92. The first kappa shape index (κ1) is 9.43. The second-order valence-corrected chi connectivity index (χ2v) is 4.58. The minimum absolute atomic E-state index is 0.101. The Morgan fingerprint density at radius 3 is 2.86 bits per heavy atom. The normalized spacial score (nSPS) is 21.9. The first-order valence-corrected chi connectivity index (χ1v) is 5.82. The topological polar surface area (TPSA) is 52.5 Å². The molecule has 1 aliphatic rings. The molecule has 2 unspecified atom stereocenters. The van der Waals surface area contributed by atoms with Crippen LogP contribution in [-0.4, -0.2) is 28.1 Å². The number of benzene rings is 1. The van der Waals surface area contributed by atoms with Crippen molar-refractivity contribution in [3.8, 4) is 0 Å². The number of carbonyl (C=O) groups is 1. The summed E-state index contributed by atoms with van der Waals surface area (Å²) >= 11 is -1.19. The zero-order valence-corrected chi connectivity index (χ0v) is 8.45. The van der Waals surface area contributed by atoms with Crippen molar-refractivity contribution < 1.29 is 9.35 Å². The molecule has 1 aliphatic heterocycles. The number of para-hydroxylation sites is 1. The number of hydrogen-bond acceptors (Lipinski definition) is 3. The number of Topliss-reactive ketones (excluding diaryl/α,β-unsaturated/α-hetero) is 1. The molecule has 3 nitrogen and oxygen atoms in total. The van der Waals surface area contributed by atoms with Crippen LogP contribution in [0.15, 0.2) is 29.3 Å². The van der Waals surface area contributed by atoms with Crippen LogP contribution in [0.25, 0.3) is 0 Å². The summed E-state index contributed by atoms with van der Waals surface area (Å²) in [5.41, 5.74) is 1.23. The van der Waals surface area contributed by atoms with Crippen molar-refractivity contribution in [2.24, 2.45) is 4.99 Å². The molecule has 1 aromatic rings. The number of ketones is 1. The largest absolute Gasteiger partial charge is 0.616 e. The monoisotopic (exact) mass is 207 g/mol. The van der Waals surface area contributed by atoms with Crippen LogP contribution in [-0.2, 0) is 11.2 Å². The molecule has 0 saturated heterocycles. The van der Waals surface area contributed by atoms with Gasteiger partial charge in [0, 0.05) is 5.56 Å². The van der Waals surface area contributed by atoms with Crippen LogP contribution in [0.3, 0.4) is 0 Å². The first-order valence-electron chi connectivity index (χ1n) is 4.20. The molecule has 4 heteroatoms. The van der Waals surface area contributed by atoms with E-state index in [1.54, 1.807) is 18.2 Å². The molecule has 0 amide bonds. The fourth-order valence-corrected chi connectivity index (χ4v) is 2.06. The zero-order valence-electron chi connectivity index (χ0n) is 7.64. The summed E-state index contributed by atoms with van der Waals surface area (Å²) in [6, 6.07) is 7.10. The fourth-order valence-electron chi connectivity index (χ4n) is 1.40. The lowest BCUT2D eigenvalue weighted by Gasteiger charge is -2.17. The van der Waals surface area contributed by atoms with E-state index in [1.165, 1.54) is 12.5 Å². The van der Waals surface area contributed by atoms with Gasteiger partial charge in [-0.25, -0.2) is 0 Å². The minimum Gasteiger partial charge on any atom is -0.616 e. The van der Waals surface area contributed by atoms with Gasteiger partial charge in [-0.05, 0) is 23.3 Å². The van der Waals surface area contributed by atoms with Gasteiger partial charge in [0.15, 0.2) is 0 Å². The van der Waals surface area contributed by atoms with Crippen molar-refractivity contribution in [1.29, 1.82) is 0 Å². The highest BCUT2D eigenvalue weighted by atomic mass is 32.2. The molecule has 0 N–H and O–H groups in total. The van der Waals surface area contributed by atoms with Crippen molar-refractivity contribution >= 4 is 28.9 Å². The summed E-state index contributed by atoms with van der Waals surface area (Å²) in [6.07, 6.45) is 2.99. The van der Waals surface area contributed by atoms with Crippen molar-refractivity contribution in [1.82, 2.24) is 0 Å². The van der Waals surface area contributed by atoms with Crippen molar-refractivity contribution in [2.45, 2.75) is 5.25 Å². The van der Waals surface area contributed by atoms with Crippen LogP contribution >= 0.6 is 0 Å². The molecular weight excluding hydrogens is 198 g/mol. The highest BCUT2D eigenvalue weighted by Gasteiger charge is 2.31. The van der Waals surface area contributed by atoms with E-state index < -0.39 is 16.4 Å². The Hall–Kier alpha value is -1.13. The molecule has 1 aromatic carbocycles. The van der Waals surface area contributed by atoms with Crippen molar-refractivity contribution in [3.05, 3.63) is 29.8 Å². The van der Waals surface area contributed by atoms with E-state index in [9.17, 15) is 9.35 Å². The fraction of sp³-hybridized carbons (Fsp3) is 0.200. The Labute approximate surface area is 85.0 Å². The van der Waals surface area contributed by atoms with Gasteiger partial charge in [0.05, 0.1) is 18.2 Å². The summed E-state index contributed by atoms with van der Waals surface area (Å²) < 4.78 is 11.2. The number of rotatable bonds is 1. The maximum atomic E-state index is 11.8. The molecule has 0 saturated carbocycles. The van der Waals surface area contributed by atoms with Crippen molar-refractivity contribution in [2.75, 3.05) is 6.26 Å². The molecule has 0 radical (unpaired) electrons. The Kier molecular flexibility index (Phi) is 2.39. The summed E-state index contributed by atoms with van der Waals surface area (Å²) in [7, 11) is 0. The molecule has 0 aliphatic carbocycles. The lowest BCUT2D eigenvalue weighted by atomic mass is 10.0. The molecule has 0 spiro atoms. The molecule has 1 heterocycles. The van der Waals surface area contributed by atoms with Crippen LogP contribution in [0.4, 0.5) is 5.69 Å². The molecule has 0 fully saturated rings. The Bertz CT molecular complexity index is 401. The molecule has 2 atom stereocenters. The van der Waals surface area contributed by atoms with Gasteiger partial charge in [-0.3, -0.25) is 9.79 Å². The van der Waals surface area contributed by atoms with Gasteiger partial charge in [-0.2, -0.15) is 0 Å². The number of fused-ring (bicyclic) bond motifs is 1. The van der Waals surface area contributed by atoms with Crippen LogP contribution < -0.4 is 0 Å². The third kappa shape index (κ3) is 1.47. The molecule has 0 aromatic heterocycles. The summed E-state index contributed by atoms with van der Waals surface area (Å²) in [4.78, 5) is 15.9. The van der Waals surface area contributed by atoms with Crippen LogP contribution in [0.1, 0.15) is 10.4 Å². The predicted molar refractivity (Wildman–Crippen MR) is 56.8 cm³/mol. The smallest absolute Gasteiger partial charge is 0.222 e. The van der Waals surface area contributed by atoms with E-state index in [2.05, 4.69) is 4.99 Å². The second-order valence-electron chi connectivity index (χ2n) is 3.08. The quantitative estimate of drug-likeness (QED) is 0.652. The number of carbonyl (C=O) groups excluding carboxylic acids is 1. The number of hydrogen-bond donors (Lipinski definition) is 0. The van der Waals surface area contributed by atoms with E-state index in [4.69, 9.17) is 0 Å². The van der Waals surface area contributed by atoms with Crippen LogP contribution in [0, 0.1) is 0 Å². The van der Waals surface area contributed by atoms with E-state index in [0.717, 1.165) is 0 Å². The van der Waals surface area contributed by atoms with Crippen LogP contribution in [0.5, 0.6) is 0 Å². The van der Waals surface area contributed by atoms with Crippen LogP contribution in [0.2, 0.25) is 0 Å². The van der Waals surface area contributed by atoms with E-state index >= 15 is 0 Å². The predicted octanol–water partition coefficient (Wildman–Crippen LogP) is 1.33. The number of aliphatic imine (C=N–C) groups is 1. The third-order valence-corrected chi connectivity index (χ3v) is 3.19. The lowest BCUT2D eigenvalue weighted by molar-refractivity contribution is 0.100. The third-order valence-electron chi connectivity index (χ3n) is 2.13. The Morgan fingerprint density at radius 1 is 1.43 bits per heavy atom. The van der Waals surface area contributed by atoms with Gasteiger partial charge >= 0.3 is 0 Å². The van der Waals surface area contributed by atoms with Gasteiger partial charge < -0.3 is 4.55 Å². The SMILES string of the molecule is C[S+]([O-])C1C=Nc2ccccc2C1=O. The Morgan fingerprint density at radius 2 is 2.14 bits per heavy atom. The molecule has 14 heavy (non-hydrogen) atoms.